The minimum Gasteiger partial charge on any atom is -0.462 e. The molecule has 0 aromatic heterocycles. The van der Waals surface area contributed by atoms with E-state index in [1.807, 2.05) is 5.57 Å². The van der Waals surface area contributed by atoms with Crippen molar-refractivity contribution in [2.45, 2.75) is 113 Å². The molecule has 0 unspecified atom stereocenters. The highest BCUT2D eigenvalue weighted by Gasteiger charge is 2.59. The van der Waals surface area contributed by atoms with E-state index >= 15 is 0 Å². The van der Waals surface area contributed by atoms with Crippen molar-refractivity contribution in [3.8, 4) is 0 Å². The third kappa shape index (κ3) is 4.27. The second-order valence-electron chi connectivity index (χ2n) is 13.2. The van der Waals surface area contributed by atoms with Gasteiger partial charge in [0, 0.05) is 6.92 Å². The van der Waals surface area contributed by atoms with Crippen LogP contribution in [0.4, 0.5) is 0 Å². The topological polar surface area (TPSA) is 26.3 Å². The molecule has 3 fully saturated rings. The Bertz CT molecular complexity index is 806. The van der Waals surface area contributed by atoms with E-state index in [9.17, 15) is 4.79 Å². The average molecular weight is 455 g/mol. The summed E-state index contributed by atoms with van der Waals surface area (Å²) in [6, 6.07) is 0. The molecule has 4 rings (SSSR count). The maximum absolute atomic E-state index is 11.7. The standard InChI is InChI=1S/C31H50O2/c1-19(2)20(3)9-10-21(4)25-13-14-27-24-11-12-26-22(5)29(33-23(6)32)16-18-31(26,8)28(24)15-17-30(25,27)7/h9,11,19,21-22,25-29H,10,12-18H2,1-8H3/b20-9+/t21-,22+,25-,26+,27+,28+,29+,30-,31+/m1/s1. The Balaban J connectivity index is 1.53. The van der Waals surface area contributed by atoms with Gasteiger partial charge in [-0.2, -0.15) is 0 Å². The first-order chi connectivity index (χ1) is 15.5. The van der Waals surface area contributed by atoms with Crippen molar-refractivity contribution in [3.63, 3.8) is 0 Å². The van der Waals surface area contributed by atoms with Crippen LogP contribution in [0.1, 0.15) is 107 Å². The molecule has 0 radical (unpaired) electrons. The normalized spacial score (nSPS) is 43.9. The van der Waals surface area contributed by atoms with Crippen LogP contribution in [0.15, 0.2) is 23.3 Å². The average Bonchev–Trinajstić information content (AvgIpc) is 3.11. The van der Waals surface area contributed by atoms with Crippen LogP contribution in [0.25, 0.3) is 0 Å². The van der Waals surface area contributed by atoms with Gasteiger partial charge in [0.05, 0.1) is 0 Å². The molecule has 186 valence electrons. The Morgan fingerprint density at radius 2 is 1.73 bits per heavy atom. The number of carbonyl (C=O) groups excluding carboxylic acids is 1. The Labute approximate surface area is 204 Å². The summed E-state index contributed by atoms with van der Waals surface area (Å²) in [5.74, 6) is 4.83. The zero-order chi connectivity index (χ0) is 24.1. The summed E-state index contributed by atoms with van der Waals surface area (Å²) in [5, 5.41) is 0. The number of esters is 1. The van der Waals surface area contributed by atoms with E-state index in [2.05, 4.69) is 60.6 Å². The van der Waals surface area contributed by atoms with Crippen LogP contribution in [0, 0.1) is 52.3 Å². The smallest absolute Gasteiger partial charge is 0.302 e. The van der Waals surface area contributed by atoms with E-state index in [1.165, 1.54) is 44.9 Å². The molecule has 3 saturated carbocycles. The van der Waals surface area contributed by atoms with E-state index < -0.39 is 0 Å². The molecule has 9 atom stereocenters. The van der Waals surface area contributed by atoms with Gasteiger partial charge in [0.2, 0.25) is 0 Å². The van der Waals surface area contributed by atoms with Gasteiger partial charge in [0.25, 0.3) is 0 Å². The third-order valence-electron chi connectivity index (χ3n) is 11.4. The molecule has 0 bridgehead atoms. The van der Waals surface area contributed by atoms with Crippen LogP contribution in [-0.4, -0.2) is 12.1 Å². The molecule has 2 nitrogen and oxygen atoms in total. The van der Waals surface area contributed by atoms with Crippen LogP contribution in [0.3, 0.4) is 0 Å². The number of hydrogen-bond acceptors (Lipinski definition) is 2. The van der Waals surface area contributed by atoms with Gasteiger partial charge >= 0.3 is 5.97 Å². The summed E-state index contributed by atoms with van der Waals surface area (Å²) in [5.41, 5.74) is 4.25. The van der Waals surface area contributed by atoms with Gasteiger partial charge in [-0.25, -0.2) is 0 Å². The first-order valence-electron chi connectivity index (χ1n) is 14.0. The number of ether oxygens (including phenoxy) is 1. The summed E-state index contributed by atoms with van der Waals surface area (Å²) in [4.78, 5) is 11.7. The summed E-state index contributed by atoms with van der Waals surface area (Å²) >= 11 is 0. The lowest BCUT2D eigenvalue weighted by Gasteiger charge is -2.59. The Morgan fingerprint density at radius 3 is 2.39 bits per heavy atom. The van der Waals surface area contributed by atoms with Crippen molar-refractivity contribution >= 4 is 5.97 Å². The van der Waals surface area contributed by atoms with Crippen LogP contribution < -0.4 is 0 Å². The lowest BCUT2D eigenvalue weighted by Crippen LogP contribution is -2.53. The first kappa shape index (κ1) is 25.1. The fourth-order valence-electron chi connectivity index (χ4n) is 9.06. The lowest BCUT2D eigenvalue weighted by atomic mass is 9.46. The fraction of sp³-hybridized carbons (Fsp3) is 0.839. The molecule has 0 aromatic rings. The largest absolute Gasteiger partial charge is 0.462 e. The van der Waals surface area contributed by atoms with E-state index in [4.69, 9.17) is 4.74 Å². The Morgan fingerprint density at radius 1 is 1.06 bits per heavy atom. The maximum Gasteiger partial charge on any atom is 0.302 e. The Hall–Kier alpha value is -1.05. The molecule has 0 N–H and O–H groups in total. The number of rotatable bonds is 5. The fourth-order valence-corrected chi connectivity index (χ4v) is 9.06. The second-order valence-corrected chi connectivity index (χ2v) is 13.2. The first-order valence-corrected chi connectivity index (χ1v) is 14.0. The number of carbonyl (C=O) groups is 1. The van der Waals surface area contributed by atoms with Crippen LogP contribution >= 0.6 is 0 Å². The zero-order valence-corrected chi connectivity index (χ0v) is 22.7. The van der Waals surface area contributed by atoms with Gasteiger partial charge < -0.3 is 4.74 Å². The van der Waals surface area contributed by atoms with Crippen LogP contribution in [0.5, 0.6) is 0 Å². The summed E-state index contributed by atoms with van der Waals surface area (Å²) in [6.45, 7) is 18.6. The minimum atomic E-state index is -0.111. The summed E-state index contributed by atoms with van der Waals surface area (Å²) < 4.78 is 5.75. The molecule has 0 amide bonds. The van der Waals surface area contributed by atoms with Gasteiger partial charge in [0.1, 0.15) is 6.10 Å². The zero-order valence-electron chi connectivity index (χ0n) is 22.7. The van der Waals surface area contributed by atoms with E-state index in [-0.39, 0.29) is 12.1 Å². The minimum absolute atomic E-state index is 0.111. The van der Waals surface area contributed by atoms with E-state index in [1.54, 1.807) is 12.5 Å². The predicted octanol–water partition coefficient (Wildman–Crippen LogP) is 8.37. The van der Waals surface area contributed by atoms with Crippen LogP contribution in [-0.2, 0) is 9.53 Å². The van der Waals surface area contributed by atoms with E-state index in [0.29, 0.717) is 28.6 Å². The molecular formula is C31H50O2. The van der Waals surface area contributed by atoms with E-state index in [0.717, 1.165) is 30.1 Å². The molecular weight excluding hydrogens is 404 g/mol. The molecule has 4 aliphatic rings. The lowest BCUT2D eigenvalue weighted by molar-refractivity contribution is -0.158. The maximum atomic E-state index is 11.7. The summed E-state index contributed by atoms with van der Waals surface area (Å²) in [7, 11) is 0. The molecule has 0 aromatic carbocycles. The molecule has 2 heteroatoms. The SMILES string of the molecule is CC(=O)O[C@H]1CC[C@]2(C)[C@H]3CC[C@]4(C)[C@@H]([C@H](C)C/C=C(\C)C(C)C)CC[C@H]4C3=CC[C@H]2[C@@H]1C. The van der Waals surface area contributed by atoms with Gasteiger partial charge in [-0.05, 0) is 111 Å². The molecule has 33 heavy (non-hydrogen) atoms. The van der Waals surface area contributed by atoms with Gasteiger partial charge in [0.15, 0.2) is 0 Å². The number of hydrogen-bond donors (Lipinski definition) is 0. The monoisotopic (exact) mass is 454 g/mol. The molecule has 0 saturated heterocycles. The predicted molar refractivity (Wildman–Crippen MR) is 138 cm³/mol. The van der Waals surface area contributed by atoms with Crippen molar-refractivity contribution in [2.75, 3.05) is 0 Å². The third-order valence-corrected chi connectivity index (χ3v) is 11.4. The highest BCUT2D eigenvalue weighted by molar-refractivity contribution is 5.66. The van der Waals surface area contributed by atoms with Crippen molar-refractivity contribution in [3.05, 3.63) is 23.3 Å². The molecule has 0 heterocycles. The summed E-state index contributed by atoms with van der Waals surface area (Å²) in [6.07, 6.45) is 15.6. The molecule has 0 aliphatic heterocycles. The number of fused-ring (bicyclic) bond motifs is 5. The van der Waals surface area contributed by atoms with Crippen molar-refractivity contribution in [2.24, 2.45) is 52.3 Å². The van der Waals surface area contributed by atoms with Crippen LogP contribution in [0.2, 0.25) is 0 Å². The van der Waals surface area contributed by atoms with Crippen molar-refractivity contribution in [1.82, 2.24) is 0 Å². The highest BCUT2D eigenvalue weighted by Crippen LogP contribution is 2.67. The highest BCUT2D eigenvalue weighted by atomic mass is 16.5. The number of allylic oxidation sites excluding steroid dienone is 4. The van der Waals surface area contributed by atoms with Gasteiger partial charge in [-0.1, -0.05) is 64.8 Å². The second kappa shape index (κ2) is 9.19. The Kier molecular flexibility index (Phi) is 6.98. The van der Waals surface area contributed by atoms with Gasteiger partial charge in [-0.15, -0.1) is 0 Å². The van der Waals surface area contributed by atoms with Gasteiger partial charge in [-0.3, -0.25) is 4.79 Å². The quantitative estimate of drug-likeness (QED) is 0.308. The molecule has 4 aliphatic carbocycles. The van der Waals surface area contributed by atoms with Crippen molar-refractivity contribution in [1.29, 1.82) is 0 Å². The molecule has 0 spiro atoms. The van der Waals surface area contributed by atoms with Crippen molar-refractivity contribution < 1.29 is 9.53 Å².